The number of nitrogens with two attached hydrogens (primary N) is 1. The standard InChI is InChI=1S/C14H31NO3S/c1-3-4-5-6-7-8-11-18-12-9-14(2)10-13-19(15,16)17/h14H,3-13H2,1-2H3,(H2,15,16,17). The molecule has 0 rings (SSSR count). The fourth-order valence-corrected chi connectivity index (χ4v) is 2.61. The number of ether oxygens (including phenoxy) is 1. The second-order valence-corrected chi connectivity index (χ2v) is 7.16. The molecule has 116 valence electrons. The first-order valence-corrected chi connectivity index (χ1v) is 9.25. The Morgan fingerprint density at radius 1 is 1.00 bits per heavy atom. The second kappa shape index (κ2) is 11.7. The molecule has 19 heavy (non-hydrogen) atoms. The van der Waals surface area contributed by atoms with Gasteiger partial charge in [-0.25, -0.2) is 13.6 Å². The highest BCUT2D eigenvalue weighted by atomic mass is 32.2. The summed E-state index contributed by atoms with van der Waals surface area (Å²) in [5.41, 5.74) is 0. The highest BCUT2D eigenvalue weighted by Crippen LogP contribution is 2.09. The molecule has 0 aliphatic rings. The molecule has 1 atom stereocenters. The van der Waals surface area contributed by atoms with Crippen LogP contribution in [-0.2, 0) is 14.8 Å². The molecule has 0 aliphatic carbocycles. The van der Waals surface area contributed by atoms with Gasteiger partial charge in [0.2, 0.25) is 10.0 Å². The number of primary sulfonamides is 1. The summed E-state index contributed by atoms with van der Waals surface area (Å²) < 4.78 is 27.2. The van der Waals surface area contributed by atoms with Crippen molar-refractivity contribution in [1.29, 1.82) is 0 Å². The number of unbranched alkanes of at least 4 members (excludes halogenated alkanes) is 5. The Labute approximate surface area is 119 Å². The number of sulfonamides is 1. The summed E-state index contributed by atoms with van der Waals surface area (Å²) in [6.45, 7) is 5.81. The zero-order chi connectivity index (χ0) is 14.6. The van der Waals surface area contributed by atoms with E-state index in [-0.39, 0.29) is 5.75 Å². The van der Waals surface area contributed by atoms with Gasteiger partial charge in [0, 0.05) is 13.2 Å². The van der Waals surface area contributed by atoms with E-state index in [0.717, 1.165) is 26.1 Å². The Balaban J connectivity index is 3.25. The van der Waals surface area contributed by atoms with E-state index < -0.39 is 10.0 Å². The van der Waals surface area contributed by atoms with Crippen molar-refractivity contribution in [2.75, 3.05) is 19.0 Å². The van der Waals surface area contributed by atoms with Crippen molar-refractivity contribution in [3.8, 4) is 0 Å². The van der Waals surface area contributed by atoms with Crippen LogP contribution in [0, 0.1) is 5.92 Å². The van der Waals surface area contributed by atoms with Crippen molar-refractivity contribution in [3.05, 3.63) is 0 Å². The highest BCUT2D eigenvalue weighted by Gasteiger charge is 2.07. The van der Waals surface area contributed by atoms with Gasteiger partial charge in [0.1, 0.15) is 0 Å². The molecule has 0 aromatic heterocycles. The molecule has 5 heteroatoms. The lowest BCUT2D eigenvalue weighted by molar-refractivity contribution is 0.117. The predicted octanol–water partition coefficient (Wildman–Crippen LogP) is 3.07. The van der Waals surface area contributed by atoms with E-state index in [4.69, 9.17) is 9.88 Å². The van der Waals surface area contributed by atoms with Gasteiger partial charge in [0.05, 0.1) is 5.75 Å². The summed E-state index contributed by atoms with van der Waals surface area (Å²) in [6.07, 6.45) is 9.18. The number of hydrogen-bond acceptors (Lipinski definition) is 3. The van der Waals surface area contributed by atoms with Crippen molar-refractivity contribution in [2.24, 2.45) is 11.1 Å². The monoisotopic (exact) mass is 293 g/mol. The van der Waals surface area contributed by atoms with Crippen molar-refractivity contribution in [1.82, 2.24) is 0 Å². The zero-order valence-corrected chi connectivity index (χ0v) is 13.4. The minimum atomic E-state index is -3.31. The third kappa shape index (κ3) is 15.8. The lowest BCUT2D eigenvalue weighted by Crippen LogP contribution is -2.18. The Kier molecular flexibility index (Phi) is 11.6. The average molecular weight is 293 g/mol. The first kappa shape index (κ1) is 18.9. The molecule has 1 unspecified atom stereocenters. The number of rotatable bonds is 13. The van der Waals surface area contributed by atoms with E-state index >= 15 is 0 Å². The molecule has 0 spiro atoms. The zero-order valence-electron chi connectivity index (χ0n) is 12.6. The van der Waals surface area contributed by atoms with E-state index in [1.165, 1.54) is 32.1 Å². The summed E-state index contributed by atoms with van der Waals surface area (Å²) in [4.78, 5) is 0. The van der Waals surface area contributed by atoms with Crippen LogP contribution in [0.25, 0.3) is 0 Å². The Hall–Kier alpha value is -0.130. The van der Waals surface area contributed by atoms with Crippen LogP contribution in [0.4, 0.5) is 0 Å². The highest BCUT2D eigenvalue weighted by molar-refractivity contribution is 7.89. The molecule has 0 saturated carbocycles. The van der Waals surface area contributed by atoms with Crippen molar-refractivity contribution in [3.63, 3.8) is 0 Å². The van der Waals surface area contributed by atoms with E-state index in [2.05, 4.69) is 6.92 Å². The first-order chi connectivity index (χ1) is 8.95. The van der Waals surface area contributed by atoms with Gasteiger partial charge in [-0.05, 0) is 25.2 Å². The minimum Gasteiger partial charge on any atom is -0.381 e. The molecule has 0 aromatic carbocycles. The fourth-order valence-electron chi connectivity index (χ4n) is 1.88. The minimum absolute atomic E-state index is 0.0750. The maximum absolute atomic E-state index is 10.8. The summed E-state index contributed by atoms with van der Waals surface area (Å²) in [6, 6.07) is 0. The van der Waals surface area contributed by atoms with Gasteiger partial charge in [-0.1, -0.05) is 46.0 Å². The summed E-state index contributed by atoms with van der Waals surface area (Å²) in [5, 5.41) is 4.97. The van der Waals surface area contributed by atoms with Gasteiger partial charge in [-0.15, -0.1) is 0 Å². The van der Waals surface area contributed by atoms with E-state index in [1.807, 2.05) is 6.92 Å². The maximum atomic E-state index is 10.8. The lowest BCUT2D eigenvalue weighted by Gasteiger charge is -2.10. The topological polar surface area (TPSA) is 69.4 Å². The molecule has 0 amide bonds. The molecule has 0 saturated heterocycles. The molecule has 0 aliphatic heterocycles. The van der Waals surface area contributed by atoms with Crippen LogP contribution in [0.15, 0.2) is 0 Å². The van der Waals surface area contributed by atoms with Crippen LogP contribution in [0.3, 0.4) is 0 Å². The van der Waals surface area contributed by atoms with E-state index in [1.54, 1.807) is 0 Å². The number of hydrogen-bond donors (Lipinski definition) is 1. The molecule has 4 nitrogen and oxygen atoms in total. The van der Waals surface area contributed by atoms with Crippen LogP contribution < -0.4 is 5.14 Å². The quantitative estimate of drug-likeness (QED) is 0.531. The van der Waals surface area contributed by atoms with Gasteiger partial charge in [-0.2, -0.15) is 0 Å². The van der Waals surface area contributed by atoms with Gasteiger partial charge in [0.15, 0.2) is 0 Å². The molecule has 0 radical (unpaired) electrons. The SMILES string of the molecule is CCCCCCCCOCCC(C)CCS(N)(=O)=O. The van der Waals surface area contributed by atoms with Crippen molar-refractivity contribution in [2.45, 2.75) is 65.2 Å². The molecular formula is C14H31NO3S. The Morgan fingerprint density at radius 3 is 2.26 bits per heavy atom. The predicted molar refractivity (Wildman–Crippen MR) is 80.6 cm³/mol. The van der Waals surface area contributed by atoms with Gasteiger partial charge < -0.3 is 4.74 Å². The summed E-state index contributed by atoms with van der Waals surface area (Å²) in [7, 11) is -3.31. The molecule has 0 aromatic rings. The van der Waals surface area contributed by atoms with Crippen LogP contribution >= 0.6 is 0 Å². The van der Waals surface area contributed by atoms with Crippen LogP contribution in [0.2, 0.25) is 0 Å². The molecule has 0 heterocycles. The Bertz CT molecular complexity index is 291. The molecular weight excluding hydrogens is 262 g/mol. The maximum Gasteiger partial charge on any atom is 0.209 e. The molecule has 0 bridgehead atoms. The van der Waals surface area contributed by atoms with Gasteiger partial charge in [-0.3, -0.25) is 0 Å². The van der Waals surface area contributed by atoms with Gasteiger partial charge >= 0.3 is 0 Å². The van der Waals surface area contributed by atoms with Crippen LogP contribution in [0.1, 0.15) is 65.2 Å². The van der Waals surface area contributed by atoms with Crippen molar-refractivity contribution < 1.29 is 13.2 Å². The van der Waals surface area contributed by atoms with Crippen LogP contribution in [0.5, 0.6) is 0 Å². The first-order valence-electron chi connectivity index (χ1n) is 7.54. The van der Waals surface area contributed by atoms with E-state index in [9.17, 15) is 8.42 Å². The molecule has 0 fully saturated rings. The summed E-state index contributed by atoms with van der Waals surface area (Å²) in [5.74, 6) is 0.425. The largest absolute Gasteiger partial charge is 0.381 e. The van der Waals surface area contributed by atoms with Crippen LogP contribution in [-0.4, -0.2) is 27.4 Å². The smallest absolute Gasteiger partial charge is 0.209 e. The average Bonchev–Trinajstić information content (AvgIpc) is 2.33. The van der Waals surface area contributed by atoms with Gasteiger partial charge in [0.25, 0.3) is 0 Å². The molecule has 2 N–H and O–H groups in total. The second-order valence-electron chi connectivity index (χ2n) is 5.43. The van der Waals surface area contributed by atoms with Crippen molar-refractivity contribution >= 4 is 10.0 Å². The normalized spacial score (nSPS) is 13.6. The fraction of sp³-hybridized carbons (Fsp3) is 1.00. The van der Waals surface area contributed by atoms with E-state index in [0.29, 0.717) is 12.3 Å². The lowest BCUT2D eigenvalue weighted by atomic mass is 10.1. The third-order valence-electron chi connectivity index (χ3n) is 3.29. The Morgan fingerprint density at radius 2 is 1.63 bits per heavy atom. The summed E-state index contributed by atoms with van der Waals surface area (Å²) >= 11 is 0. The third-order valence-corrected chi connectivity index (χ3v) is 4.10.